The molecule has 3 amide bonds. The minimum Gasteiger partial charge on any atom is -0.351 e. The molecule has 4 rings (SSSR count). The van der Waals surface area contributed by atoms with Crippen LogP contribution in [-0.4, -0.2) is 103 Å². The Morgan fingerprint density at radius 1 is 0.758 bits per heavy atom. The van der Waals surface area contributed by atoms with Crippen molar-refractivity contribution in [1.82, 2.24) is 24.9 Å². The number of amides is 3. The maximum Gasteiger partial charge on any atom is 0.264 e. The van der Waals surface area contributed by atoms with Crippen LogP contribution in [0.2, 0.25) is 0 Å². The molecular weight excluding hydrogens is 438 g/mol. The summed E-state index contributed by atoms with van der Waals surface area (Å²) in [5.41, 5.74) is 1.09. The molecule has 2 aliphatic rings. The van der Waals surface area contributed by atoms with Gasteiger partial charge in [-0.3, -0.25) is 24.2 Å². The van der Waals surface area contributed by atoms with Crippen molar-refractivity contribution in [3.8, 4) is 0 Å². The molecule has 0 bridgehead atoms. The van der Waals surface area contributed by atoms with Gasteiger partial charge in [0.2, 0.25) is 11.8 Å². The number of carbonyl (C=O) groups is 3. The zero-order chi connectivity index (χ0) is 23.0. The van der Waals surface area contributed by atoms with Gasteiger partial charge in [-0.05, 0) is 17.0 Å². The summed E-state index contributed by atoms with van der Waals surface area (Å²) in [6.07, 6.45) is 0. The van der Waals surface area contributed by atoms with Crippen molar-refractivity contribution in [3.05, 3.63) is 58.3 Å². The van der Waals surface area contributed by atoms with E-state index < -0.39 is 0 Å². The summed E-state index contributed by atoms with van der Waals surface area (Å²) >= 11 is 1.45. The first kappa shape index (κ1) is 23.4. The second-order valence-electron chi connectivity index (χ2n) is 8.46. The first-order valence-corrected chi connectivity index (χ1v) is 12.3. The van der Waals surface area contributed by atoms with Crippen LogP contribution >= 0.6 is 11.3 Å². The van der Waals surface area contributed by atoms with E-state index in [4.69, 9.17) is 0 Å². The number of hydrogen-bond donors (Lipinski definition) is 1. The number of piperazine rings is 2. The van der Waals surface area contributed by atoms with Gasteiger partial charge in [-0.1, -0.05) is 36.4 Å². The van der Waals surface area contributed by atoms with E-state index in [9.17, 15) is 14.4 Å². The van der Waals surface area contributed by atoms with Crippen molar-refractivity contribution in [2.75, 3.05) is 65.4 Å². The predicted molar refractivity (Wildman–Crippen MR) is 128 cm³/mol. The van der Waals surface area contributed by atoms with Crippen LogP contribution < -0.4 is 5.32 Å². The number of hydrogen-bond acceptors (Lipinski definition) is 6. The normalized spacial score (nSPS) is 17.7. The molecule has 33 heavy (non-hydrogen) atoms. The molecule has 1 aromatic carbocycles. The lowest BCUT2D eigenvalue weighted by Crippen LogP contribution is -2.55. The Labute approximate surface area is 198 Å². The number of rotatable bonds is 7. The molecule has 0 unspecified atom stereocenters. The summed E-state index contributed by atoms with van der Waals surface area (Å²) in [4.78, 5) is 46.2. The molecule has 2 saturated heterocycles. The maximum absolute atomic E-state index is 12.8. The molecule has 8 nitrogen and oxygen atoms in total. The van der Waals surface area contributed by atoms with E-state index >= 15 is 0 Å². The third-order valence-electron chi connectivity index (χ3n) is 6.18. The lowest BCUT2D eigenvalue weighted by molar-refractivity contribution is -0.134. The molecule has 0 atom stereocenters. The van der Waals surface area contributed by atoms with Crippen LogP contribution in [0, 0.1) is 0 Å². The minimum absolute atomic E-state index is 0.0262. The largest absolute Gasteiger partial charge is 0.351 e. The Morgan fingerprint density at radius 3 is 2.03 bits per heavy atom. The third-order valence-corrected chi connectivity index (χ3v) is 7.03. The summed E-state index contributed by atoms with van der Waals surface area (Å²) in [7, 11) is 0. The Balaban J connectivity index is 1.13. The highest BCUT2D eigenvalue weighted by Gasteiger charge is 2.27. The van der Waals surface area contributed by atoms with Crippen LogP contribution in [0.25, 0.3) is 0 Å². The summed E-state index contributed by atoms with van der Waals surface area (Å²) < 4.78 is 0. The third kappa shape index (κ3) is 6.63. The summed E-state index contributed by atoms with van der Waals surface area (Å²) in [6.45, 7) is 6.73. The molecular formula is C24H31N5O3S. The minimum atomic E-state index is 0.0262. The molecule has 0 spiro atoms. The highest BCUT2D eigenvalue weighted by atomic mass is 32.1. The maximum atomic E-state index is 12.8. The van der Waals surface area contributed by atoms with Gasteiger partial charge >= 0.3 is 0 Å². The highest BCUT2D eigenvalue weighted by Crippen LogP contribution is 2.14. The van der Waals surface area contributed by atoms with Gasteiger partial charge in [-0.2, -0.15) is 0 Å². The summed E-state index contributed by atoms with van der Waals surface area (Å²) in [5.74, 6) is 0.201. The molecule has 9 heteroatoms. The average Bonchev–Trinajstić information content (AvgIpc) is 3.39. The SMILES string of the molecule is O=C(CN1CCN(CC(=O)N2CCN(C(=O)c3cccs3)CC2)CC1)NCc1ccccc1. The van der Waals surface area contributed by atoms with Gasteiger partial charge in [0.25, 0.3) is 5.91 Å². The van der Waals surface area contributed by atoms with Crippen LogP contribution in [0.15, 0.2) is 47.8 Å². The van der Waals surface area contributed by atoms with Crippen molar-refractivity contribution in [3.63, 3.8) is 0 Å². The van der Waals surface area contributed by atoms with Gasteiger partial charge in [-0.15, -0.1) is 11.3 Å². The van der Waals surface area contributed by atoms with Crippen LogP contribution in [0.4, 0.5) is 0 Å². The first-order valence-electron chi connectivity index (χ1n) is 11.4. The molecule has 1 aromatic heterocycles. The lowest BCUT2D eigenvalue weighted by atomic mass is 10.2. The Hall–Kier alpha value is -2.75. The van der Waals surface area contributed by atoms with E-state index in [-0.39, 0.29) is 17.7 Å². The smallest absolute Gasteiger partial charge is 0.264 e. The van der Waals surface area contributed by atoms with Gasteiger partial charge in [0.1, 0.15) is 0 Å². The molecule has 0 saturated carbocycles. The highest BCUT2D eigenvalue weighted by molar-refractivity contribution is 7.12. The van der Waals surface area contributed by atoms with Gasteiger partial charge in [0.15, 0.2) is 0 Å². The molecule has 2 aliphatic heterocycles. The number of nitrogens with zero attached hydrogens (tertiary/aromatic N) is 4. The number of nitrogens with one attached hydrogen (secondary N) is 1. The Bertz CT molecular complexity index is 921. The number of thiophene rings is 1. The zero-order valence-corrected chi connectivity index (χ0v) is 19.6. The monoisotopic (exact) mass is 469 g/mol. The van der Waals surface area contributed by atoms with Crippen molar-refractivity contribution >= 4 is 29.1 Å². The van der Waals surface area contributed by atoms with E-state index in [0.717, 1.165) is 36.6 Å². The lowest BCUT2D eigenvalue weighted by Gasteiger charge is -2.37. The van der Waals surface area contributed by atoms with Crippen molar-refractivity contribution in [1.29, 1.82) is 0 Å². The van der Waals surface area contributed by atoms with E-state index in [1.165, 1.54) is 11.3 Å². The van der Waals surface area contributed by atoms with Crippen LogP contribution in [0.3, 0.4) is 0 Å². The Morgan fingerprint density at radius 2 is 1.39 bits per heavy atom. The van der Waals surface area contributed by atoms with Crippen LogP contribution in [0.5, 0.6) is 0 Å². The quantitative estimate of drug-likeness (QED) is 0.654. The molecule has 2 fully saturated rings. The van der Waals surface area contributed by atoms with Crippen molar-refractivity contribution in [2.24, 2.45) is 0 Å². The Kier molecular flexibility index (Phi) is 8.09. The summed E-state index contributed by atoms with van der Waals surface area (Å²) in [5, 5.41) is 4.88. The summed E-state index contributed by atoms with van der Waals surface area (Å²) in [6, 6.07) is 13.6. The van der Waals surface area contributed by atoms with E-state index in [0.29, 0.717) is 45.8 Å². The standard InChI is InChI=1S/C24H31N5O3S/c30-22(25-17-20-5-2-1-3-6-20)18-26-8-10-27(11-9-26)19-23(31)28-12-14-29(15-13-28)24(32)21-7-4-16-33-21/h1-7,16H,8-15,17-19H2,(H,25,30). The molecule has 0 radical (unpaired) electrons. The molecule has 0 aliphatic carbocycles. The van der Waals surface area contributed by atoms with Crippen LogP contribution in [-0.2, 0) is 16.1 Å². The van der Waals surface area contributed by atoms with Crippen molar-refractivity contribution < 1.29 is 14.4 Å². The first-order chi connectivity index (χ1) is 16.1. The van der Waals surface area contributed by atoms with Crippen molar-refractivity contribution in [2.45, 2.75) is 6.54 Å². The van der Waals surface area contributed by atoms with Gasteiger partial charge in [-0.25, -0.2) is 0 Å². The van der Waals surface area contributed by atoms with E-state index in [2.05, 4.69) is 15.1 Å². The van der Waals surface area contributed by atoms with Gasteiger partial charge in [0, 0.05) is 58.9 Å². The second-order valence-corrected chi connectivity index (χ2v) is 9.41. The second kappa shape index (κ2) is 11.4. The fraction of sp³-hybridized carbons (Fsp3) is 0.458. The molecule has 176 valence electrons. The fourth-order valence-corrected chi connectivity index (χ4v) is 4.86. The predicted octanol–water partition coefficient (Wildman–Crippen LogP) is 0.967. The topological polar surface area (TPSA) is 76.2 Å². The average molecular weight is 470 g/mol. The van der Waals surface area contributed by atoms with E-state index in [1.807, 2.05) is 57.6 Å². The van der Waals surface area contributed by atoms with Gasteiger partial charge in [0.05, 0.1) is 18.0 Å². The number of carbonyl (C=O) groups excluding carboxylic acids is 3. The molecule has 1 N–H and O–H groups in total. The zero-order valence-electron chi connectivity index (χ0n) is 18.8. The van der Waals surface area contributed by atoms with E-state index in [1.54, 1.807) is 0 Å². The van der Waals surface area contributed by atoms with Gasteiger partial charge < -0.3 is 15.1 Å². The molecule has 2 aromatic rings. The number of benzene rings is 1. The fourth-order valence-electron chi connectivity index (χ4n) is 4.17. The van der Waals surface area contributed by atoms with Crippen LogP contribution in [0.1, 0.15) is 15.2 Å². The molecule has 3 heterocycles.